The Morgan fingerprint density at radius 3 is 2.47 bits per heavy atom. The average Bonchev–Trinajstić information content (AvgIpc) is 2.87. The zero-order valence-electron chi connectivity index (χ0n) is 18.7. The summed E-state index contributed by atoms with van der Waals surface area (Å²) in [6, 6.07) is 13.9. The first-order valence-electron chi connectivity index (χ1n) is 11.4. The molecule has 5 atom stereocenters. The molecule has 0 aromatic heterocycles. The van der Waals surface area contributed by atoms with E-state index in [0.29, 0.717) is 5.56 Å². The first-order chi connectivity index (χ1) is 16.4. The number of carbonyl (C=O) groups is 1. The number of carbonyl (C=O) groups excluding carboxylic acids is 1. The van der Waals surface area contributed by atoms with E-state index < -0.39 is 36.6 Å². The number of piperidine rings is 1. The van der Waals surface area contributed by atoms with Crippen molar-refractivity contribution in [3.63, 3.8) is 0 Å². The standard InChI is InChI=1S/C25H29N3O6/c26-13-18(24(32)27-14-20-21(29)22(30)23(31)25(33)34-20)11-15-4-5-17-12-19(7-6-16(17)10-15)28-8-2-1-3-9-28/h4-7,10-12,20-23,25,29-31,33H,1-3,8-9,14H2,(H,27,32)/b18-11-/t20-,21+,22+,23-,25?/m1/s1. The molecule has 2 saturated heterocycles. The van der Waals surface area contributed by atoms with Crippen molar-refractivity contribution in [2.45, 2.75) is 50.0 Å². The fraction of sp³-hybridized carbons (Fsp3) is 0.440. The number of nitrogens with zero attached hydrogens (tertiary/aromatic N) is 2. The van der Waals surface area contributed by atoms with Gasteiger partial charge in [-0.05, 0) is 59.9 Å². The maximum Gasteiger partial charge on any atom is 0.262 e. The van der Waals surface area contributed by atoms with Crippen molar-refractivity contribution in [3.05, 3.63) is 47.5 Å². The molecule has 0 radical (unpaired) electrons. The van der Waals surface area contributed by atoms with Crippen LogP contribution in [0.1, 0.15) is 24.8 Å². The summed E-state index contributed by atoms with van der Waals surface area (Å²) >= 11 is 0. The lowest BCUT2D eigenvalue weighted by Crippen LogP contribution is -2.60. The van der Waals surface area contributed by atoms with Crippen LogP contribution in [0.4, 0.5) is 5.69 Å². The monoisotopic (exact) mass is 467 g/mol. The summed E-state index contributed by atoms with van der Waals surface area (Å²) in [5.74, 6) is -0.686. The zero-order chi connectivity index (χ0) is 24.2. The number of hydrogen-bond acceptors (Lipinski definition) is 8. The van der Waals surface area contributed by atoms with Gasteiger partial charge in [-0.25, -0.2) is 0 Å². The number of rotatable bonds is 5. The average molecular weight is 468 g/mol. The van der Waals surface area contributed by atoms with Crippen LogP contribution in [0.15, 0.2) is 42.0 Å². The van der Waals surface area contributed by atoms with E-state index in [2.05, 4.69) is 22.3 Å². The molecule has 9 heteroatoms. The second-order valence-corrected chi connectivity index (χ2v) is 8.76. The molecule has 1 unspecified atom stereocenters. The third kappa shape index (κ3) is 5.22. The topological polar surface area (TPSA) is 146 Å². The predicted octanol–water partition coefficient (Wildman–Crippen LogP) is 0.653. The molecule has 9 nitrogen and oxygen atoms in total. The molecule has 2 fully saturated rings. The molecular weight excluding hydrogens is 438 g/mol. The van der Waals surface area contributed by atoms with Gasteiger partial charge in [0.25, 0.3) is 5.91 Å². The second kappa shape index (κ2) is 10.5. The smallest absolute Gasteiger partial charge is 0.262 e. The van der Waals surface area contributed by atoms with Crippen molar-refractivity contribution < 1.29 is 30.0 Å². The van der Waals surface area contributed by atoms with Gasteiger partial charge in [-0.3, -0.25) is 4.79 Å². The van der Waals surface area contributed by atoms with Gasteiger partial charge in [-0.2, -0.15) is 5.26 Å². The lowest BCUT2D eigenvalue weighted by atomic mass is 9.99. The summed E-state index contributed by atoms with van der Waals surface area (Å²) in [7, 11) is 0. The van der Waals surface area contributed by atoms with E-state index in [-0.39, 0.29) is 12.1 Å². The molecule has 2 aliphatic heterocycles. The molecular formula is C25H29N3O6. The fourth-order valence-corrected chi connectivity index (χ4v) is 4.39. The van der Waals surface area contributed by atoms with Gasteiger partial charge in [0.05, 0.1) is 0 Å². The van der Waals surface area contributed by atoms with Gasteiger partial charge in [0.2, 0.25) is 0 Å². The van der Waals surface area contributed by atoms with Crippen molar-refractivity contribution in [1.82, 2.24) is 5.32 Å². The van der Waals surface area contributed by atoms with Gasteiger partial charge in [-0.1, -0.05) is 18.2 Å². The number of anilines is 1. The molecule has 4 rings (SSSR count). The number of amides is 1. The minimum absolute atomic E-state index is 0.143. The number of benzene rings is 2. The van der Waals surface area contributed by atoms with E-state index >= 15 is 0 Å². The number of aliphatic hydroxyl groups excluding tert-OH is 4. The van der Waals surface area contributed by atoms with E-state index in [0.717, 1.165) is 23.9 Å². The normalized spacial score (nSPS) is 27.9. The number of fused-ring (bicyclic) bond motifs is 1. The second-order valence-electron chi connectivity index (χ2n) is 8.76. The largest absolute Gasteiger partial charge is 0.388 e. The molecule has 0 saturated carbocycles. The lowest BCUT2D eigenvalue weighted by Gasteiger charge is -2.38. The summed E-state index contributed by atoms with van der Waals surface area (Å²) in [6.07, 6.45) is -2.47. The minimum atomic E-state index is -1.70. The van der Waals surface area contributed by atoms with E-state index in [1.807, 2.05) is 30.3 Å². The first kappa shape index (κ1) is 24.1. The zero-order valence-corrected chi connectivity index (χ0v) is 18.7. The Kier molecular flexibility index (Phi) is 7.46. The maximum atomic E-state index is 12.5. The quantitative estimate of drug-likeness (QED) is 0.318. The van der Waals surface area contributed by atoms with Crippen LogP contribution in [0.3, 0.4) is 0 Å². The van der Waals surface area contributed by atoms with Crippen LogP contribution in [0, 0.1) is 11.3 Å². The van der Waals surface area contributed by atoms with Crippen LogP contribution in [0.5, 0.6) is 0 Å². The van der Waals surface area contributed by atoms with Crippen molar-refractivity contribution >= 4 is 28.4 Å². The highest BCUT2D eigenvalue weighted by Crippen LogP contribution is 2.26. The third-order valence-electron chi connectivity index (χ3n) is 6.40. The van der Waals surface area contributed by atoms with Crippen molar-refractivity contribution in [2.75, 3.05) is 24.5 Å². The SMILES string of the molecule is N#C/C(=C/c1ccc2cc(N3CCCCC3)ccc2c1)C(=O)NC[C@H]1OC(O)[C@H](O)[C@@H](O)[C@H]1O. The van der Waals surface area contributed by atoms with Crippen molar-refractivity contribution in [3.8, 4) is 6.07 Å². The predicted molar refractivity (Wildman–Crippen MR) is 126 cm³/mol. The Morgan fingerprint density at radius 1 is 1.03 bits per heavy atom. The summed E-state index contributed by atoms with van der Waals surface area (Å²) < 4.78 is 5.04. The fourth-order valence-electron chi connectivity index (χ4n) is 4.39. The van der Waals surface area contributed by atoms with Crippen molar-refractivity contribution in [1.29, 1.82) is 5.26 Å². The van der Waals surface area contributed by atoms with E-state index in [1.165, 1.54) is 31.0 Å². The molecule has 2 aromatic rings. The summed E-state index contributed by atoms with van der Waals surface area (Å²) in [5.41, 5.74) is 1.74. The Morgan fingerprint density at radius 2 is 1.74 bits per heavy atom. The Balaban J connectivity index is 1.44. The third-order valence-corrected chi connectivity index (χ3v) is 6.40. The Labute approximate surface area is 197 Å². The molecule has 2 heterocycles. The van der Waals surface area contributed by atoms with Crippen LogP contribution in [-0.2, 0) is 9.53 Å². The molecule has 2 aliphatic rings. The molecule has 5 N–H and O–H groups in total. The lowest BCUT2D eigenvalue weighted by molar-refractivity contribution is -0.280. The summed E-state index contributed by atoms with van der Waals surface area (Å²) in [6.45, 7) is 1.86. The van der Waals surface area contributed by atoms with Gasteiger partial charge in [0.1, 0.15) is 36.1 Å². The number of nitrogens with one attached hydrogen (secondary N) is 1. The van der Waals surface area contributed by atoms with Crippen LogP contribution in [0.25, 0.3) is 16.8 Å². The molecule has 1 amide bonds. The summed E-state index contributed by atoms with van der Waals surface area (Å²) in [4.78, 5) is 14.9. The van der Waals surface area contributed by atoms with Gasteiger partial charge in [-0.15, -0.1) is 0 Å². The van der Waals surface area contributed by atoms with E-state index in [1.54, 1.807) is 0 Å². The highest BCUT2D eigenvalue weighted by molar-refractivity contribution is 6.02. The minimum Gasteiger partial charge on any atom is -0.388 e. The first-order valence-corrected chi connectivity index (χ1v) is 11.4. The number of hydrogen-bond donors (Lipinski definition) is 5. The molecule has 2 aromatic carbocycles. The van der Waals surface area contributed by atoms with Gasteiger partial charge >= 0.3 is 0 Å². The van der Waals surface area contributed by atoms with Crippen LogP contribution >= 0.6 is 0 Å². The molecule has 0 spiro atoms. The van der Waals surface area contributed by atoms with Gasteiger partial charge < -0.3 is 35.4 Å². The van der Waals surface area contributed by atoms with Crippen LogP contribution in [0.2, 0.25) is 0 Å². The molecule has 0 bridgehead atoms. The highest BCUT2D eigenvalue weighted by Gasteiger charge is 2.42. The Bertz CT molecular complexity index is 1110. The number of ether oxygens (including phenoxy) is 1. The van der Waals surface area contributed by atoms with E-state index in [9.17, 15) is 30.5 Å². The molecule has 0 aliphatic carbocycles. The summed E-state index contributed by atoms with van der Waals surface area (Å²) in [5, 5.41) is 52.9. The molecule has 180 valence electrons. The number of nitriles is 1. The molecule has 34 heavy (non-hydrogen) atoms. The number of aliphatic hydroxyl groups is 4. The van der Waals surface area contributed by atoms with Crippen LogP contribution in [-0.4, -0.2) is 76.7 Å². The Hall–Kier alpha value is -3.00. The van der Waals surface area contributed by atoms with Gasteiger partial charge in [0.15, 0.2) is 6.29 Å². The van der Waals surface area contributed by atoms with Crippen molar-refractivity contribution in [2.24, 2.45) is 0 Å². The maximum absolute atomic E-state index is 12.5. The van der Waals surface area contributed by atoms with Gasteiger partial charge in [0, 0.05) is 25.3 Å². The highest BCUT2D eigenvalue weighted by atomic mass is 16.6. The van der Waals surface area contributed by atoms with E-state index in [4.69, 9.17) is 4.74 Å². The van der Waals surface area contributed by atoms with Crippen LogP contribution < -0.4 is 10.2 Å².